The van der Waals surface area contributed by atoms with E-state index in [1.54, 1.807) is 0 Å². The second kappa shape index (κ2) is 4.58. The first kappa shape index (κ1) is 13.2. The van der Waals surface area contributed by atoms with Crippen molar-refractivity contribution in [2.45, 2.75) is 6.16 Å². The molecular formula is C7H7N2O7P. The summed E-state index contributed by atoms with van der Waals surface area (Å²) >= 11 is 0. The molecule has 0 saturated carbocycles. The van der Waals surface area contributed by atoms with Crippen LogP contribution in [-0.4, -0.2) is 19.6 Å². The van der Waals surface area contributed by atoms with Crippen LogP contribution in [0.5, 0.6) is 0 Å². The summed E-state index contributed by atoms with van der Waals surface area (Å²) < 4.78 is 10.8. The van der Waals surface area contributed by atoms with Gasteiger partial charge >= 0.3 is 7.60 Å². The maximum Gasteiger partial charge on any atom is 0.330 e. The molecule has 0 aliphatic rings. The number of hydrogen-bond acceptors (Lipinski definition) is 5. The SMILES string of the molecule is O=[N+]([O-])c1cccc([N+](=O)[O-])c1CP(=O)(O)O. The minimum Gasteiger partial charge on any atom is -0.324 e. The van der Waals surface area contributed by atoms with E-state index in [4.69, 9.17) is 9.79 Å². The molecule has 1 rings (SSSR count). The van der Waals surface area contributed by atoms with Crippen LogP contribution in [0.15, 0.2) is 18.2 Å². The topological polar surface area (TPSA) is 144 Å². The van der Waals surface area contributed by atoms with Crippen LogP contribution in [0.25, 0.3) is 0 Å². The molecule has 0 heterocycles. The molecule has 92 valence electrons. The third kappa shape index (κ3) is 3.31. The Morgan fingerprint density at radius 1 is 1.12 bits per heavy atom. The van der Waals surface area contributed by atoms with E-state index < -0.39 is 40.5 Å². The van der Waals surface area contributed by atoms with Crippen molar-refractivity contribution in [2.75, 3.05) is 0 Å². The number of nitro groups is 2. The molecular weight excluding hydrogens is 255 g/mol. The number of nitrogens with zero attached hydrogens (tertiary/aromatic N) is 2. The summed E-state index contributed by atoms with van der Waals surface area (Å²) in [5.41, 5.74) is -1.93. The highest BCUT2D eigenvalue weighted by Gasteiger charge is 2.30. The van der Waals surface area contributed by atoms with Gasteiger partial charge in [0.2, 0.25) is 0 Å². The summed E-state index contributed by atoms with van der Waals surface area (Å²) in [7, 11) is -4.63. The highest BCUT2D eigenvalue weighted by Crippen LogP contribution is 2.44. The molecule has 0 atom stereocenters. The van der Waals surface area contributed by atoms with E-state index in [9.17, 15) is 24.8 Å². The minimum atomic E-state index is -4.63. The predicted octanol–water partition coefficient (Wildman–Crippen LogP) is 1.18. The minimum absolute atomic E-state index is 0.573. The Morgan fingerprint density at radius 3 is 1.82 bits per heavy atom. The summed E-state index contributed by atoms with van der Waals surface area (Å²) in [5, 5.41) is 21.2. The molecule has 10 heteroatoms. The first-order valence-electron chi connectivity index (χ1n) is 4.17. The van der Waals surface area contributed by atoms with Gasteiger partial charge in [0.05, 0.1) is 16.0 Å². The van der Waals surface area contributed by atoms with Gasteiger partial charge < -0.3 is 9.79 Å². The summed E-state index contributed by atoms with van der Waals surface area (Å²) in [6, 6.07) is 3.00. The summed E-state index contributed by atoms with van der Waals surface area (Å²) in [4.78, 5) is 36.9. The molecule has 1 aromatic rings. The fraction of sp³-hybridized carbons (Fsp3) is 0.143. The molecule has 0 spiro atoms. The molecule has 0 radical (unpaired) electrons. The van der Waals surface area contributed by atoms with Crippen LogP contribution >= 0.6 is 7.60 Å². The average Bonchev–Trinajstić information content (AvgIpc) is 2.14. The zero-order valence-corrected chi connectivity index (χ0v) is 9.11. The average molecular weight is 262 g/mol. The van der Waals surface area contributed by atoms with Gasteiger partial charge in [-0.05, 0) is 6.07 Å². The number of hydrogen-bond donors (Lipinski definition) is 2. The van der Waals surface area contributed by atoms with Crippen molar-refractivity contribution in [3.05, 3.63) is 44.0 Å². The molecule has 0 bridgehead atoms. The quantitative estimate of drug-likeness (QED) is 0.470. The maximum atomic E-state index is 10.8. The summed E-state index contributed by atoms with van der Waals surface area (Å²) in [5.74, 6) is 0. The lowest BCUT2D eigenvalue weighted by molar-refractivity contribution is -0.395. The van der Waals surface area contributed by atoms with Crippen LogP contribution in [0, 0.1) is 20.2 Å². The first-order chi connectivity index (χ1) is 7.72. The molecule has 0 aliphatic carbocycles. The molecule has 0 amide bonds. The Bertz CT molecular complexity index is 491. The Hall–Kier alpha value is -1.83. The van der Waals surface area contributed by atoms with Crippen LogP contribution in [-0.2, 0) is 10.7 Å². The monoisotopic (exact) mass is 262 g/mol. The van der Waals surface area contributed by atoms with Crippen molar-refractivity contribution in [3.8, 4) is 0 Å². The van der Waals surface area contributed by atoms with Crippen LogP contribution in [0.1, 0.15) is 5.56 Å². The van der Waals surface area contributed by atoms with Gasteiger partial charge in [-0.15, -0.1) is 0 Å². The predicted molar refractivity (Wildman–Crippen MR) is 55.5 cm³/mol. The number of benzene rings is 1. The lowest BCUT2D eigenvalue weighted by Gasteiger charge is -2.05. The molecule has 17 heavy (non-hydrogen) atoms. The fourth-order valence-electron chi connectivity index (χ4n) is 1.27. The molecule has 0 aliphatic heterocycles. The lowest BCUT2D eigenvalue weighted by Crippen LogP contribution is -2.01. The van der Waals surface area contributed by atoms with Crippen LogP contribution in [0.4, 0.5) is 11.4 Å². The number of rotatable bonds is 4. The molecule has 0 fully saturated rings. The van der Waals surface area contributed by atoms with Gasteiger partial charge in [0.15, 0.2) is 0 Å². The van der Waals surface area contributed by atoms with Crippen LogP contribution in [0.2, 0.25) is 0 Å². The van der Waals surface area contributed by atoms with Crippen molar-refractivity contribution in [1.82, 2.24) is 0 Å². The van der Waals surface area contributed by atoms with Gasteiger partial charge in [0.1, 0.15) is 5.56 Å². The normalized spacial score (nSPS) is 11.2. The summed E-state index contributed by atoms with van der Waals surface area (Å²) in [6.07, 6.45) is -1.04. The molecule has 2 N–H and O–H groups in total. The van der Waals surface area contributed by atoms with Gasteiger partial charge in [-0.3, -0.25) is 24.8 Å². The Morgan fingerprint density at radius 2 is 1.53 bits per heavy atom. The van der Waals surface area contributed by atoms with Crippen molar-refractivity contribution in [3.63, 3.8) is 0 Å². The van der Waals surface area contributed by atoms with Crippen LogP contribution < -0.4 is 0 Å². The molecule has 0 saturated heterocycles. The molecule has 0 aromatic heterocycles. The second-order valence-electron chi connectivity index (χ2n) is 3.11. The van der Waals surface area contributed by atoms with Gasteiger partial charge in [0.25, 0.3) is 11.4 Å². The smallest absolute Gasteiger partial charge is 0.324 e. The largest absolute Gasteiger partial charge is 0.330 e. The Labute approximate surface area is 94.2 Å². The Balaban J connectivity index is 3.44. The second-order valence-corrected chi connectivity index (χ2v) is 4.76. The standard InChI is InChI=1S/C7H7N2O7P/c10-8(11)6-2-1-3-7(9(12)13)5(6)4-17(14,15)16/h1-3H,4H2,(H2,14,15,16). The summed E-state index contributed by atoms with van der Waals surface area (Å²) in [6.45, 7) is 0. The lowest BCUT2D eigenvalue weighted by atomic mass is 10.1. The third-order valence-electron chi connectivity index (χ3n) is 1.88. The third-order valence-corrected chi connectivity index (χ3v) is 2.61. The Kier molecular flexibility index (Phi) is 3.56. The van der Waals surface area contributed by atoms with E-state index in [0.29, 0.717) is 0 Å². The van der Waals surface area contributed by atoms with Gasteiger partial charge in [-0.1, -0.05) is 0 Å². The first-order valence-corrected chi connectivity index (χ1v) is 5.97. The van der Waals surface area contributed by atoms with E-state index in [-0.39, 0.29) is 0 Å². The van der Waals surface area contributed by atoms with Crippen molar-refractivity contribution < 1.29 is 24.2 Å². The highest BCUT2D eigenvalue weighted by molar-refractivity contribution is 7.50. The van der Waals surface area contributed by atoms with Gasteiger partial charge in [0, 0.05) is 12.1 Å². The van der Waals surface area contributed by atoms with E-state index >= 15 is 0 Å². The fourth-order valence-corrected chi connectivity index (χ4v) is 2.01. The van der Waals surface area contributed by atoms with Crippen molar-refractivity contribution in [2.24, 2.45) is 0 Å². The molecule has 0 unspecified atom stereocenters. The van der Waals surface area contributed by atoms with Crippen LogP contribution in [0.3, 0.4) is 0 Å². The van der Waals surface area contributed by atoms with Crippen molar-refractivity contribution >= 4 is 19.0 Å². The van der Waals surface area contributed by atoms with Gasteiger partial charge in [-0.2, -0.15) is 0 Å². The van der Waals surface area contributed by atoms with E-state index in [1.807, 2.05) is 0 Å². The highest BCUT2D eigenvalue weighted by atomic mass is 31.2. The zero-order chi connectivity index (χ0) is 13.2. The molecule has 9 nitrogen and oxygen atoms in total. The zero-order valence-electron chi connectivity index (χ0n) is 8.22. The van der Waals surface area contributed by atoms with E-state index in [2.05, 4.69) is 0 Å². The van der Waals surface area contributed by atoms with Crippen molar-refractivity contribution in [1.29, 1.82) is 0 Å². The van der Waals surface area contributed by atoms with E-state index in [0.717, 1.165) is 18.2 Å². The van der Waals surface area contributed by atoms with Gasteiger partial charge in [-0.25, -0.2) is 0 Å². The maximum absolute atomic E-state index is 10.8. The van der Waals surface area contributed by atoms with E-state index in [1.165, 1.54) is 0 Å². The number of nitro benzene ring substituents is 2. The molecule has 1 aromatic carbocycles.